The summed E-state index contributed by atoms with van der Waals surface area (Å²) >= 11 is 0. The number of Topliss-reactive ketones (excluding diaryl/α,β-unsaturated/α-hetero) is 1. The maximum Gasteiger partial charge on any atom is 0.251 e. The summed E-state index contributed by atoms with van der Waals surface area (Å²) < 4.78 is 33.5. The Balaban J connectivity index is 1.57. The second kappa shape index (κ2) is 35.2. The SMILES string of the molecule is COc1ccc(C(=O)NCCCNC(=O)CCOCC(COCCC(=O)NCCCNC(=O)c2ccc(OC)cc2)(COCCC(=O)NCCCNC(=O)c2ccc(OC)cc2)NC(=O)CCCC(=O)C(C)(C)C)cc1. The molecule has 3 aromatic rings. The van der Waals surface area contributed by atoms with Gasteiger partial charge < -0.3 is 65.6 Å². The molecule has 0 radical (unpaired) electrons. The Hall–Kier alpha value is -7.10. The van der Waals surface area contributed by atoms with E-state index in [0.29, 0.717) is 92.5 Å². The molecule has 0 saturated carbocycles. The number of amides is 7. The van der Waals surface area contributed by atoms with Crippen molar-refractivity contribution in [3.05, 3.63) is 89.5 Å². The first kappa shape index (κ1) is 63.2. The average Bonchev–Trinajstić information content (AvgIpc) is 3.41. The van der Waals surface area contributed by atoms with Crippen molar-refractivity contribution >= 4 is 47.1 Å². The number of carbonyl (C=O) groups excluding carboxylic acids is 8. The van der Waals surface area contributed by atoms with Crippen molar-refractivity contribution in [2.45, 2.75) is 84.1 Å². The predicted molar refractivity (Wildman–Crippen MR) is 284 cm³/mol. The fraction of sp³-hybridized carbons (Fsp3) is 0.527. The zero-order valence-corrected chi connectivity index (χ0v) is 45.0. The Labute approximate surface area is 446 Å². The molecule has 0 aliphatic rings. The van der Waals surface area contributed by atoms with E-state index in [2.05, 4.69) is 37.2 Å². The minimum atomic E-state index is -1.36. The molecule has 0 aliphatic carbocycles. The van der Waals surface area contributed by atoms with Crippen LogP contribution >= 0.6 is 0 Å². The summed E-state index contributed by atoms with van der Waals surface area (Å²) in [5, 5.41) is 19.9. The molecule has 0 spiro atoms. The van der Waals surface area contributed by atoms with Crippen LogP contribution in [0.2, 0.25) is 0 Å². The van der Waals surface area contributed by atoms with Gasteiger partial charge in [-0.15, -0.1) is 0 Å². The molecule has 0 bridgehead atoms. The van der Waals surface area contributed by atoms with Gasteiger partial charge in [-0.2, -0.15) is 0 Å². The molecule has 0 atom stereocenters. The number of hydrogen-bond donors (Lipinski definition) is 7. The zero-order valence-electron chi connectivity index (χ0n) is 45.0. The van der Waals surface area contributed by atoms with Gasteiger partial charge in [0.15, 0.2) is 0 Å². The van der Waals surface area contributed by atoms with Crippen LogP contribution in [-0.2, 0) is 38.2 Å². The first-order valence-electron chi connectivity index (χ1n) is 25.6. The smallest absolute Gasteiger partial charge is 0.251 e. The third kappa shape index (κ3) is 25.9. The highest BCUT2D eigenvalue weighted by molar-refractivity contribution is 5.95. The fourth-order valence-corrected chi connectivity index (χ4v) is 7.03. The van der Waals surface area contributed by atoms with Gasteiger partial charge in [0.1, 0.15) is 28.6 Å². The average molecular weight is 1060 g/mol. The highest BCUT2D eigenvalue weighted by atomic mass is 16.5. The minimum Gasteiger partial charge on any atom is -0.497 e. The summed E-state index contributed by atoms with van der Waals surface area (Å²) in [6.45, 7) is 6.59. The molecule has 76 heavy (non-hydrogen) atoms. The quantitative estimate of drug-likeness (QED) is 0.0404. The Morgan fingerprint density at radius 2 is 0.684 bits per heavy atom. The van der Waals surface area contributed by atoms with Crippen LogP contribution in [0, 0.1) is 5.41 Å². The Bertz CT molecular complexity index is 2050. The summed E-state index contributed by atoms with van der Waals surface area (Å²) in [4.78, 5) is 102. The molecule has 0 heterocycles. The highest BCUT2D eigenvalue weighted by Crippen LogP contribution is 2.19. The van der Waals surface area contributed by atoms with E-state index >= 15 is 0 Å². The molecule has 418 valence electrons. The Kier molecular flexibility index (Phi) is 29.3. The van der Waals surface area contributed by atoms with Crippen LogP contribution in [0.1, 0.15) is 110 Å². The first-order valence-corrected chi connectivity index (χ1v) is 25.6. The van der Waals surface area contributed by atoms with Crippen molar-refractivity contribution in [2.24, 2.45) is 5.41 Å². The van der Waals surface area contributed by atoms with E-state index in [-0.39, 0.29) is 119 Å². The highest BCUT2D eigenvalue weighted by Gasteiger charge is 2.34. The molecule has 21 nitrogen and oxygen atoms in total. The maximum absolute atomic E-state index is 13.6. The number of carbonyl (C=O) groups is 8. The summed E-state index contributed by atoms with van der Waals surface area (Å²) in [5.41, 5.74) is -0.499. The molecule has 0 aromatic heterocycles. The number of rotatable bonds is 38. The van der Waals surface area contributed by atoms with Gasteiger partial charge in [-0.05, 0) is 98.5 Å². The third-order valence-corrected chi connectivity index (χ3v) is 11.5. The minimum absolute atomic E-state index is 0.00155. The summed E-state index contributed by atoms with van der Waals surface area (Å²) in [7, 11) is 4.63. The van der Waals surface area contributed by atoms with Gasteiger partial charge >= 0.3 is 0 Å². The summed E-state index contributed by atoms with van der Waals surface area (Å²) in [6, 6.07) is 20.1. The van der Waals surface area contributed by atoms with Crippen molar-refractivity contribution < 1.29 is 66.8 Å². The molecule has 3 rings (SSSR count). The first-order chi connectivity index (χ1) is 36.5. The molecule has 21 heteroatoms. The predicted octanol–water partition coefficient (Wildman–Crippen LogP) is 3.68. The number of ether oxygens (including phenoxy) is 6. The van der Waals surface area contributed by atoms with Gasteiger partial charge in [0.05, 0.1) is 61.0 Å². The molecule has 7 amide bonds. The molecule has 3 aromatic carbocycles. The number of hydrogen-bond acceptors (Lipinski definition) is 14. The molecule has 0 fully saturated rings. The van der Waals surface area contributed by atoms with E-state index in [1.54, 1.807) is 94.1 Å². The third-order valence-electron chi connectivity index (χ3n) is 11.5. The van der Waals surface area contributed by atoms with Crippen LogP contribution in [0.4, 0.5) is 0 Å². The second-order valence-corrected chi connectivity index (χ2v) is 18.8. The number of ketones is 1. The summed E-state index contributed by atoms with van der Waals surface area (Å²) in [6.07, 6.45) is 1.79. The van der Waals surface area contributed by atoms with E-state index in [4.69, 9.17) is 28.4 Å². The topological polar surface area (TPSA) is 276 Å². The molecular formula is C55H79N7O14. The van der Waals surface area contributed by atoms with Gasteiger partial charge in [-0.25, -0.2) is 0 Å². The second-order valence-electron chi connectivity index (χ2n) is 18.8. The van der Waals surface area contributed by atoms with Gasteiger partial charge in [0.25, 0.3) is 17.7 Å². The fourth-order valence-electron chi connectivity index (χ4n) is 7.03. The van der Waals surface area contributed by atoms with Gasteiger partial charge in [-0.3, -0.25) is 38.4 Å². The number of nitrogens with one attached hydrogen (secondary N) is 7. The van der Waals surface area contributed by atoms with Crippen LogP contribution in [0.5, 0.6) is 17.2 Å². The maximum atomic E-state index is 13.6. The van der Waals surface area contributed by atoms with E-state index in [1.165, 1.54) is 0 Å². The Morgan fingerprint density at radius 3 is 0.974 bits per heavy atom. The zero-order chi connectivity index (χ0) is 55.6. The van der Waals surface area contributed by atoms with Crippen LogP contribution in [0.15, 0.2) is 72.8 Å². The largest absolute Gasteiger partial charge is 0.497 e. The molecule has 7 N–H and O–H groups in total. The standard InChI is InChI=1S/C55H79N7O14/c1-54(2,3)46(63)11-7-12-50(67)62-55(37-74-34-25-47(64)56-28-8-31-59-51(68)40-13-19-43(71-4)20-14-40,38-75-35-26-48(65)57-29-9-32-60-52(69)41-15-21-44(72-5)22-16-41)39-76-36-27-49(66)58-30-10-33-61-53(70)42-17-23-45(73-6)24-18-42/h13-24H,7-12,25-39H2,1-6H3,(H,56,64)(H,57,65)(H,58,66)(H,59,68)(H,60,69)(H,61,70)(H,62,67). The molecular weight excluding hydrogens is 983 g/mol. The summed E-state index contributed by atoms with van der Waals surface area (Å²) in [5.74, 6) is -0.170. The monoisotopic (exact) mass is 1060 g/mol. The number of benzene rings is 3. The van der Waals surface area contributed by atoms with E-state index < -0.39 is 16.9 Å². The van der Waals surface area contributed by atoms with Crippen molar-refractivity contribution in [1.82, 2.24) is 37.2 Å². The molecule has 0 aliphatic heterocycles. The lowest BCUT2D eigenvalue weighted by molar-refractivity contribution is -0.131. The van der Waals surface area contributed by atoms with Gasteiger partial charge in [-0.1, -0.05) is 20.8 Å². The van der Waals surface area contributed by atoms with Crippen molar-refractivity contribution in [2.75, 3.05) is 100 Å². The van der Waals surface area contributed by atoms with E-state index in [1.807, 2.05) is 20.8 Å². The van der Waals surface area contributed by atoms with Crippen molar-refractivity contribution in [3.8, 4) is 17.2 Å². The van der Waals surface area contributed by atoms with E-state index in [0.717, 1.165) is 0 Å². The lowest BCUT2D eigenvalue weighted by atomic mass is 9.88. The van der Waals surface area contributed by atoms with E-state index in [9.17, 15) is 38.4 Å². The van der Waals surface area contributed by atoms with Crippen LogP contribution in [-0.4, -0.2) is 153 Å². The van der Waals surface area contributed by atoms with Crippen LogP contribution < -0.4 is 51.4 Å². The van der Waals surface area contributed by atoms with Gasteiger partial charge in [0.2, 0.25) is 23.6 Å². The lowest BCUT2D eigenvalue weighted by Crippen LogP contribution is -2.58. The number of methoxy groups -OCH3 is 3. The van der Waals surface area contributed by atoms with Crippen molar-refractivity contribution in [3.63, 3.8) is 0 Å². The molecule has 0 saturated heterocycles. The van der Waals surface area contributed by atoms with Crippen LogP contribution in [0.3, 0.4) is 0 Å². The normalized spacial score (nSPS) is 11.1. The van der Waals surface area contributed by atoms with Gasteiger partial charge in [0, 0.05) is 93.5 Å². The lowest BCUT2D eigenvalue weighted by Gasteiger charge is -2.34. The molecule has 0 unspecified atom stereocenters. The Morgan fingerprint density at radius 1 is 0.382 bits per heavy atom. The van der Waals surface area contributed by atoms with Crippen molar-refractivity contribution in [1.29, 1.82) is 0 Å². The van der Waals surface area contributed by atoms with Crippen LogP contribution in [0.25, 0.3) is 0 Å².